The van der Waals surface area contributed by atoms with Gasteiger partial charge in [-0.25, -0.2) is 4.79 Å². The van der Waals surface area contributed by atoms with Crippen LogP contribution in [0.3, 0.4) is 0 Å². The summed E-state index contributed by atoms with van der Waals surface area (Å²) in [6.45, 7) is 5.10. The number of carbonyl (C=O) groups is 2. The van der Waals surface area contributed by atoms with Crippen molar-refractivity contribution in [2.24, 2.45) is 0 Å². The van der Waals surface area contributed by atoms with E-state index in [2.05, 4.69) is 20.8 Å². The number of anilines is 2. The topological polar surface area (TPSA) is 93.2 Å². The number of aromatic nitrogens is 2. The summed E-state index contributed by atoms with van der Waals surface area (Å²) >= 11 is 2.75. The number of hydrogen-bond acceptors (Lipinski definition) is 8. The van der Waals surface area contributed by atoms with Crippen molar-refractivity contribution in [3.63, 3.8) is 0 Å². The van der Waals surface area contributed by atoms with Crippen LogP contribution >= 0.6 is 23.1 Å². The van der Waals surface area contributed by atoms with E-state index in [-0.39, 0.29) is 17.6 Å². The van der Waals surface area contributed by atoms with Crippen LogP contribution in [0.5, 0.6) is 0 Å². The van der Waals surface area contributed by atoms with Crippen LogP contribution in [0.1, 0.15) is 30.6 Å². The fraction of sp³-hybridized carbons (Fsp3) is 0.375. The molecule has 0 bridgehead atoms. The molecule has 0 atom stereocenters. The van der Waals surface area contributed by atoms with E-state index in [1.165, 1.54) is 23.1 Å². The van der Waals surface area contributed by atoms with Crippen LogP contribution in [0.25, 0.3) is 0 Å². The molecule has 0 unspecified atom stereocenters. The number of amides is 1. The molecule has 0 radical (unpaired) electrons. The van der Waals surface area contributed by atoms with E-state index in [0.29, 0.717) is 17.9 Å². The van der Waals surface area contributed by atoms with Gasteiger partial charge in [-0.15, -0.1) is 10.2 Å². The summed E-state index contributed by atoms with van der Waals surface area (Å²) in [4.78, 5) is 23.7. The Labute approximate surface area is 154 Å². The maximum Gasteiger partial charge on any atom is 0.338 e. The average molecular weight is 380 g/mol. The molecule has 134 valence electrons. The van der Waals surface area contributed by atoms with Crippen LogP contribution in [-0.2, 0) is 9.53 Å². The lowest BCUT2D eigenvalue weighted by atomic mass is 10.2. The third-order valence-electron chi connectivity index (χ3n) is 2.90. The lowest BCUT2D eigenvalue weighted by molar-refractivity contribution is -0.113. The average Bonchev–Trinajstić information content (AvgIpc) is 3.06. The van der Waals surface area contributed by atoms with Gasteiger partial charge in [0, 0.05) is 12.2 Å². The molecule has 2 aromatic rings. The summed E-state index contributed by atoms with van der Waals surface area (Å²) in [7, 11) is 0. The van der Waals surface area contributed by atoms with Gasteiger partial charge in [0.25, 0.3) is 0 Å². The first-order chi connectivity index (χ1) is 12.1. The minimum Gasteiger partial charge on any atom is -0.462 e. The quantitative estimate of drug-likeness (QED) is 0.509. The molecule has 0 aliphatic carbocycles. The van der Waals surface area contributed by atoms with Crippen LogP contribution in [0.4, 0.5) is 10.8 Å². The molecule has 0 spiro atoms. The monoisotopic (exact) mass is 380 g/mol. The predicted octanol–water partition coefficient (Wildman–Crippen LogP) is 3.27. The van der Waals surface area contributed by atoms with Gasteiger partial charge in [0.05, 0.1) is 17.9 Å². The fourth-order valence-corrected chi connectivity index (χ4v) is 3.40. The van der Waals surface area contributed by atoms with Gasteiger partial charge in [-0.05, 0) is 37.6 Å². The second kappa shape index (κ2) is 10.00. The molecule has 1 amide bonds. The zero-order valence-electron chi connectivity index (χ0n) is 14.1. The molecule has 0 aliphatic rings. The van der Waals surface area contributed by atoms with Crippen LogP contribution in [-0.4, -0.2) is 41.0 Å². The van der Waals surface area contributed by atoms with Gasteiger partial charge in [-0.1, -0.05) is 30.0 Å². The van der Waals surface area contributed by atoms with E-state index in [0.717, 1.165) is 22.4 Å². The van der Waals surface area contributed by atoms with Gasteiger partial charge in [0.2, 0.25) is 11.0 Å². The summed E-state index contributed by atoms with van der Waals surface area (Å²) in [6.07, 6.45) is 0.780. The van der Waals surface area contributed by atoms with Gasteiger partial charge < -0.3 is 15.4 Å². The predicted molar refractivity (Wildman–Crippen MR) is 100 cm³/mol. The summed E-state index contributed by atoms with van der Waals surface area (Å²) in [6, 6.07) is 6.63. The molecule has 0 fully saturated rings. The Morgan fingerprint density at radius 1 is 1.20 bits per heavy atom. The Bertz CT molecular complexity index is 704. The Morgan fingerprint density at radius 2 is 1.96 bits per heavy atom. The summed E-state index contributed by atoms with van der Waals surface area (Å²) in [5, 5.41) is 14.6. The number of ether oxygens (including phenoxy) is 1. The summed E-state index contributed by atoms with van der Waals surface area (Å²) in [5.74, 6) is -0.268. The van der Waals surface area contributed by atoms with Crippen molar-refractivity contribution in [1.29, 1.82) is 0 Å². The zero-order valence-corrected chi connectivity index (χ0v) is 15.7. The maximum atomic E-state index is 12.0. The highest BCUT2D eigenvalue weighted by Gasteiger charge is 2.10. The maximum absolute atomic E-state index is 12.0. The molecule has 0 saturated heterocycles. The van der Waals surface area contributed by atoms with Crippen molar-refractivity contribution >= 4 is 45.8 Å². The third-order valence-corrected chi connectivity index (χ3v) is 4.92. The van der Waals surface area contributed by atoms with Gasteiger partial charge in [-0.3, -0.25) is 4.79 Å². The van der Waals surface area contributed by atoms with Crippen LogP contribution in [0.2, 0.25) is 0 Å². The van der Waals surface area contributed by atoms with Crippen molar-refractivity contribution in [1.82, 2.24) is 10.2 Å². The highest BCUT2D eigenvalue weighted by Crippen LogP contribution is 2.25. The summed E-state index contributed by atoms with van der Waals surface area (Å²) < 4.78 is 5.79. The number of nitrogens with zero attached hydrogens (tertiary/aromatic N) is 2. The van der Waals surface area contributed by atoms with E-state index < -0.39 is 0 Å². The molecular formula is C16H20N4O3S2. The Balaban J connectivity index is 1.80. The molecule has 25 heavy (non-hydrogen) atoms. The van der Waals surface area contributed by atoms with E-state index >= 15 is 0 Å². The highest BCUT2D eigenvalue weighted by atomic mass is 32.2. The number of nitrogens with one attached hydrogen (secondary N) is 2. The SMILES string of the molecule is CCCOC(=O)c1ccc(NC(=O)CSc2nnc(NCC)s2)cc1. The second-order valence-electron chi connectivity index (χ2n) is 4.95. The second-order valence-corrected chi connectivity index (χ2v) is 7.15. The molecular weight excluding hydrogens is 360 g/mol. The molecule has 9 heteroatoms. The Hall–Kier alpha value is -2.13. The van der Waals surface area contributed by atoms with Gasteiger partial charge in [0.1, 0.15) is 0 Å². The van der Waals surface area contributed by atoms with Crippen molar-refractivity contribution in [2.45, 2.75) is 24.6 Å². The number of benzene rings is 1. The minimum atomic E-state index is -0.358. The lowest BCUT2D eigenvalue weighted by Crippen LogP contribution is -2.14. The third kappa shape index (κ3) is 6.35. The molecule has 0 saturated carbocycles. The first-order valence-electron chi connectivity index (χ1n) is 7.89. The largest absolute Gasteiger partial charge is 0.462 e. The number of hydrogen-bond donors (Lipinski definition) is 2. The minimum absolute atomic E-state index is 0.147. The van der Waals surface area contributed by atoms with Crippen molar-refractivity contribution in [2.75, 3.05) is 29.5 Å². The van der Waals surface area contributed by atoms with Crippen LogP contribution in [0.15, 0.2) is 28.6 Å². The summed E-state index contributed by atoms with van der Waals surface area (Å²) in [5.41, 5.74) is 1.09. The highest BCUT2D eigenvalue weighted by molar-refractivity contribution is 8.01. The molecule has 7 nitrogen and oxygen atoms in total. The van der Waals surface area contributed by atoms with Crippen molar-refractivity contribution < 1.29 is 14.3 Å². The number of esters is 1. The molecule has 0 aliphatic heterocycles. The van der Waals surface area contributed by atoms with E-state index in [9.17, 15) is 9.59 Å². The molecule has 1 aromatic carbocycles. The Kier molecular flexibility index (Phi) is 7.68. The molecule has 1 heterocycles. The number of thioether (sulfide) groups is 1. The van der Waals surface area contributed by atoms with Gasteiger partial charge in [-0.2, -0.15) is 0 Å². The van der Waals surface area contributed by atoms with Crippen molar-refractivity contribution in [3.05, 3.63) is 29.8 Å². The molecule has 1 aromatic heterocycles. The smallest absolute Gasteiger partial charge is 0.338 e. The van der Waals surface area contributed by atoms with E-state index in [1.807, 2.05) is 13.8 Å². The zero-order chi connectivity index (χ0) is 18.1. The number of carbonyl (C=O) groups excluding carboxylic acids is 2. The normalized spacial score (nSPS) is 10.3. The van der Waals surface area contributed by atoms with Gasteiger partial charge >= 0.3 is 5.97 Å². The standard InChI is InChI=1S/C16H20N4O3S2/c1-3-9-23-14(22)11-5-7-12(8-6-11)18-13(21)10-24-16-20-19-15(25-16)17-4-2/h5-8H,3-4,9-10H2,1-2H3,(H,17,19)(H,18,21). The lowest BCUT2D eigenvalue weighted by Gasteiger charge is -2.06. The van der Waals surface area contributed by atoms with E-state index in [1.54, 1.807) is 24.3 Å². The van der Waals surface area contributed by atoms with Crippen LogP contribution in [0, 0.1) is 0 Å². The fourth-order valence-electron chi connectivity index (χ4n) is 1.78. The first-order valence-corrected chi connectivity index (χ1v) is 9.69. The Morgan fingerprint density at radius 3 is 2.64 bits per heavy atom. The van der Waals surface area contributed by atoms with Crippen LogP contribution < -0.4 is 10.6 Å². The number of rotatable bonds is 9. The van der Waals surface area contributed by atoms with Gasteiger partial charge in [0.15, 0.2) is 4.34 Å². The van der Waals surface area contributed by atoms with Crippen molar-refractivity contribution in [3.8, 4) is 0 Å². The van der Waals surface area contributed by atoms with E-state index in [4.69, 9.17) is 4.74 Å². The molecule has 2 rings (SSSR count). The molecule has 2 N–H and O–H groups in total. The first kappa shape index (κ1) is 19.2.